The van der Waals surface area contributed by atoms with E-state index in [2.05, 4.69) is 15.9 Å². The summed E-state index contributed by atoms with van der Waals surface area (Å²) in [6.07, 6.45) is 0.520. The number of Topliss-reactive ketones (excluding diaryl/α,β-unsaturated/α-hetero) is 1. The topological polar surface area (TPSA) is 54.5 Å². The van der Waals surface area contributed by atoms with Gasteiger partial charge in [-0.2, -0.15) is 0 Å². The van der Waals surface area contributed by atoms with E-state index in [1.165, 1.54) is 4.90 Å². The van der Waals surface area contributed by atoms with Crippen molar-refractivity contribution in [2.24, 2.45) is 0 Å². The number of halogens is 1. The minimum Gasteiger partial charge on any atom is -0.294 e. The summed E-state index contributed by atoms with van der Waals surface area (Å²) in [4.78, 5) is 38.2. The number of nitrogens with zero attached hydrogens (tertiary/aromatic N) is 1. The average Bonchev–Trinajstić information content (AvgIpc) is 2.93. The molecule has 0 aromatic heterocycles. The molecule has 1 aliphatic heterocycles. The van der Waals surface area contributed by atoms with Crippen molar-refractivity contribution in [1.29, 1.82) is 0 Å². The van der Waals surface area contributed by atoms with Gasteiger partial charge in [0.15, 0.2) is 5.78 Å². The Morgan fingerprint density at radius 3 is 2.12 bits per heavy atom. The maximum atomic E-state index is 12.6. The Balaban J connectivity index is 1.90. The fourth-order valence-electron chi connectivity index (χ4n) is 2.90. The highest BCUT2D eigenvalue weighted by Crippen LogP contribution is 2.31. The van der Waals surface area contributed by atoms with Crippen molar-refractivity contribution in [3.8, 4) is 0 Å². The molecule has 0 unspecified atom stereocenters. The van der Waals surface area contributed by atoms with Gasteiger partial charge in [-0.25, -0.2) is 0 Å². The van der Waals surface area contributed by atoms with Crippen LogP contribution in [0.25, 0.3) is 0 Å². The summed E-state index contributed by atoms with van der Waals surface area (Å²) in [5.41, 5.74) is 1.37. The number of likely N-dealkylation sites (tertiary alicyclic amines) is 1. The molecule has 1 heterocycles. The standard InChI is InChI=1S/C19H16BrNO3/c20-15-8-6-14(7-9-15)17(22)12-16(13-4-2-1-3-5-13)21-18(23)10-11-19(21)24/h1-9,16H,10-12H2/t16-/m0/s1. The third-order valence-corrected chi connectivity index (χ3v) is 4.66. The van der Waals surface area contributed by atoms with Gasteiger partial charge in [0.25, 0.3) is 0 Å². The molecule has 5 heteroatoms. The second-order valence-electron chi connectivity index (χ2n) is 5.72. The van der Waals surface area contributed by atoms with Crippen molar-refractivity contribution >= 4 is 33.5 Å². The van der Waals surface area contributed by atoms with Crippen LogP contribution in [-0.2, 0) is 9.59 Å². The average molecular weight is 386 g/mol. The van der Waals surface area contributed by atoms with Crippen molar-refractivity contribution < 1.29 is 14.4 Å². The van der Waals surface area contributed by atoms with E-state index in [0.717, 1.165) is 10.0 Å². The largest absolute Gasteiger partial charge is 0.294 e. The molecular formula is C19H16BrNO3. The number of amides is 2. The van der Waals surface area contributed by atoms with Crippen molar-refractivity contribution in [2.45, 2.75) is 25.3 Å². The predicted octanol–water partition coefficient (Wildman–Crippen LogP) is 3.91. The summed E-state index contributed by atoms with van der Waals surface area (Å²) in [7, 11) is 0. The van der Waals surface area contributed by atoms with Gasteiger partial charge in [-0.05, 0) is 17.7 Å². The van der Waals surface area contributed by atoms with Crippen LogP contribution < -0.4 is 0 Å². The molecule has 1 aliphatic rings. The number of benzene rings is 2. The van der Waals surface area contributed by atoms with Gasteiger partial charge in [-0.15, -0.1) is 0 Å². The van der Waals surface area contributed by atoms with Gasteiger partial charge >= 0.3 is 0 Å². The number of ketones is 1. The molecule has 1 atom stereocenters. The number of rotatable bonds is 5. The highest BCUT2D eigenvalue weighted by Gasteiger charge is 2.36. The molecule has 0 N–H and O–H groups in total. The normalized spacial score (nSPS) is 15.6. The molecule has 0 bridgehead atoms. The first kappa shape index (κ1) is 16.6. The van der Waals surface area contributed by atoms with E-state index in [9.17, 15) is 14.4 Å². The molecule has 24 heavy (non-hydrogen) atoms. The van der Waals surface area contributed by atoms with Crippen LogP contribution in [0.4, 0.5) is 0 Å². The summed E-state index contributed by atoms with van der Waals surface area (Å²) in [6, 6.07) is 15.8. The Labute approximate surface area is 148 Å². The van der Waals surface area contributed by atoms with Gasteiger partial charge in [-0.1, -0.05) is 58.4 Å². The van der Waals surface area contributed by atoms with Gasteiger partial charge in [-0.3, -0.25) is 19.3 Å². The number of carbonyl (C=O) groups excluding carboxylic acids is 3. The van der Waals surface area contributed by atoms with Crippen molar-refractivity contribution in [2.75, 3.05) is 0 Å². The van der Waals surface area contributed by atoms with E-state index in [4.69, 9.17) is 0 Å². The maximum absolute atomic E-state index is 12.6. The third-order valence-electron chi connectivity index (χ3n) is 4.13. The molecular weight excluding hydrogens is 370 g/mol. The molecule has 122 valence electrons. The summed E-state index contributed by atoms with van der Waals surface area (Å²) < 4.78 is 0.892. The van der Waals surface area contributed by atoms with E-state index >= 15 is 0 Å². The molecule has 0 saturated carbocycles. The molecule has 1 saturated heterocycles. The highest BCUT2D eigenvalue weighted by molar-refractivity contribution is 9.10. The molecule has 2 amide bonds. The van der Waals surface area contributed by atoms with Crippen LogP contribution in [0.3, 0.4) is 0 Å². The number of hydrogen-bond donors (Lipinski definition) is 0. The molecule has 1 fully saturated rings. The predicted molar refractivity (Wildman–Crippen MR) is 93.4 cm³/mol. The fourth-order valence-corrected chi connectivity index (χ4v) is 3.17. The number of hydrogen-bond acceptors (Lipinski definition) is 3. The van der Waals surface area contributed by atoms with Crippen LogP contribution in [0, 0.1) is 0 Å². The van der Waals surface area contributed by atoms with E-state index in [1.807, 2.05) is 30.3 Å². The van der Waals surface area contributed by atoms with E-state index in [0.29, 0.717) is 5.56 Å². The molecule has 3 rings (SSSR count). The lowest BCUT2D eigenvalue weighted by molar-refractivity contribution is -0.141. The first-order chi connectivity index (χ1) is 11.6. The monoisotopic (exact) mass is 385 g/mol. The van der Waals surface area contributed by atoms with Crippen LogP contribution in [-0.4, -0.2) is 22.5 Å². The molecule has 2 aromatic carbocycles. The molecule has 4 nitrogen and oxygen atoms in total. The van der Waals surface area contributed by atoms with Crippen LogP contribution in [0.1, 0.15) is 41.2 Å². The van der Waals surface area contributed by atoms with Crippen LogP contribution in [0.2, 0.25) is 0 Å². The zero-order valence-corrected chi connectivity index (χ0v) is 14.5. The quantitative estimate of drug-likeness (QED) is 0.578. The molecule has 2 aromatic rings. The highest BCUT2D eigenvalue weighted by atomic mass is 79.9. The summed E-state index contributed by atoms with van der Waals surface area (Å²) >= 11 is 3.34. The Bertz CT molecular complexity index is 755. The van der Waals surface area contributed by atoms with Gasteiger partial charge < -0.3 is 0 Å². The Kier molecular flexibility index (Phi) is 4.90. The zero-order chi connectivity index (χ0) is 17.1. The second kappa shape index (κ2) is 7.09. The lowest BCUT2D eigenvalue weighted by atomic mass is 9.96. The van der Waals surface area contributed by atoms with E-state index < -0.39 is 6.04 Å². The summed E-state index contributed by atoms with van der Waals surface area (Å²) in [6.45, 7) is 0. The number of imide groups is 1. The maximum Gasteiger partial charge on any atom is 0.230 e. The fraction of sp³-hybridized carbons (Fsp3) is 0.211. The van der Waals surface area contributed by atoms with Gasteiger partial charge in [0.05, 0.1) is 6.04 Å². The Hall–Kier alpha value is -2.27. The Morgan fingerprint density at radius 1 is 0.958 bits per heavy atom. The minimum absolute atomic E-state index is 0.0864. The zero-order valence-electron chi connectivity index (χ0n) is 12.9. The van der Waals surface area contributed by atoms with E-state index in [1.54, 1.807) is 24.3 Å². The second-order valence-corrected chi connectivity index (χ2v) is 6.63. The van der Waals surface area contributed by atoms with Crippen molar-refractivity contribution in [3.63, 3.8) is 0 Å². The lowest BCUT2D eigenvalue weighted by Gasteiger charge is -2.26. The van der Waals surface area contributed by atoms with Crippen LogP contribution in [0.15, 0.2) is 59.1 Å². The van der Waals surface area contributed by atoms with Crippen LogP contribution in [0.5, 0.6) is 0 Å². The summed E-state index contributed by atoms with van der Waals surface area (Å²) in [5.74, 6) is -0.515. The van der Waals surface area contributed by atoms with Crippen molar-refractivity contribution in [1.82, 2.24) is 4.90 Å². The third kappa shape index (κ3) is 3.46. The van der Waals surface area contributed by atoms with Crippen LogP contribution >= 0.6 is 15.9 Å². The van der Waals surface area contributed by atoms with Gasteiger partial charge in [0.2, 0.25) is 11.8 Å². The van der Waals surface area contributed by atoms with Gasteiger partial charge in [0, 0.05) is 29.3 Å². The SMILES string of the molecule is O=C(C[C@@H](c1ccccc1)N1C(=O)CCC1=O)c1ccc(Br)cc1. The Morgan fingerprint density at radius 2 is 1.54 bits per heavy atom. The minimum atomic E-state index is -0.551. The van der Waals surface area contributed by atoms with Gasteiger partial charge in [0.1, 0.15) is 0 Å². The molecule has 0 radical (unpaired) electrons. The molecule has 0 aliphatic carbocycles. The lowest BCUT2D eigenvalue weighted by Crippen LogP contribution is -2.34. The molecule has 0 spiro atoms. The van der Waals surface area contributed by atoms with Crippen molar-refractivity contribution in [3.05, 3.63) is 70.2 Å². The number of carbonyl (C=O) groups is 3. The summed E-state index contributed by atoms with van der Waals surface area (Å²) in [5, 5.41) is 0. The van der Waals surface area contributed by atoms with E-state index in [-0.39, 0.29) is 36.9 Å². The first-order valence-electron chi connectivity index (χ1n) is 7.75. The first-order valence-corrected chi connectivity index (χ1v) is 8.54. The smallest absolute Gasteiger partial charge is 0.230 e.